The summed E-state index contributed by atoms with van der Waals surface area (Å²) in [5, 5.41) is 13.2. The number of nitrogens with one attached hydrogen (secondary N) is 1. The van der Waals surface area contributed by atoms with Crippen molar-refractivity contribution in [2.45, 2.75) is 46.1 Å². The highest BCUT2D eigenvalue weighted by Gasteiger charge is 2.35. The summed E-state index contributed by atoms with van der Waals surface area (Å²) >= 11 is 0. The van der Waals surface area contributed by atoms with E-state index in [1.165, 1.54) is 6.42 Å². The lowest BCUT2D eigenvalue weighted by Gasteiger charge is -2.36. The van der Waals surface area contributed by atoms with E-state index in [0.29, 0.717) is 0 Å². The molecule has 0 saturated carbocycles. The van der Waals surface area contributed by atoms with Gasteiger partial charge in [0.2, 0.25) is 0 Å². The van der Waals surface area contributed by atoms with Gasteiger partial charge in [-0.05, 0) is 51.1 Å². The fourth-order valence-electron chi connectivity index (χ4n) is 2.58. The summed E-state index contributed by atoms with van der Waals surface area (Å²) in [5.74, 6) is 0.721. The first kappa shape index (κ1) is 11.0. The van der Waals surface area contributed by atoms with E-state index in [1.807, 2.05) is 13.8 Å². The van der Waals surface area contributed by atoms with E-state index in [4.69, 9.17) is 0 Å². The Morgan fingerprint density at radius 2 is 1.92 bits per heavy atom. The molecule has 1 aliphatic rings. The quantitative estimate of drug-likeness (QED) is 0.702. The maximum atomic E-state index is 9.79. The second-order valence-corrected chi connectivity index (χ2v) is 5.67. The number of hydrogen-bond donors (Lipinski definition) is 2. The van der Waals surface area contributed by atoms with Crippen molar-refractivity contribution in [2.24, 2.45) is 11.3 Å². The zero-order valence-corrected chi connectivity index (χ0v) is 9.35. The lowest BCUT2D eigenvalue weighted by Crippen LogP contribution is -2.34. The molecule has 1 fully saturated rings. The molecule has 0 spiro atoms. The average molecular weight is 185 g/mol. The molecule has 1 atom stereocenters. The molecule has 0 aromatic carbocycles. The highest BCUT2D eigenvalue weighted by molar-refractivity contribution is 4.88. The van der Waals surface area contributed by atoms with E-state index >= 15 is 0 Å². The van der Waals surface area contributed by atoms with Gasteiger partial charge in [0, 0.05) is 0 Å². The molecule has 0 aromatic rings. The second kappa shape index (κ2) is 3.58. The van der Waals surface area contributed by atoms with E-state index in [2.05, 4.69) is 19.2 Å². The summed E-state index contributed by atoms with van der Waals surface area (Å²) < 4.78 is 0. The molecule has 13 heavy (non-hydrogen) atoms. The molecule has 1 unspecified atom stereocenters. The maximum Gasteiger partial charge on any atom is 0.0597 e. The van der Waals surface area contributed by atoms with Crippen molar-refractivity contribution in [1.82, 2.24) is 5.32 Å². The highest BCUT2D eigenvalue weighted by Crippen LogP contribution is 2.38. The molecule has 1 heterocycles. The van der Waals surface area contributed by atoms with Crippen LogP contribution in [0.3, 0.4) is 0 Å². The lowest BCUT2D eigenvalue weighted by atomic mass is 9.72. The smallest absolute Gasteiger partial charge is 0.0597 e. The third-order valence-corrected chi connectivity index (χ3v) is 3.05. The zero-order valence-electron chi connectivity index (χ0n) is 9.35. The van der Waals surface area contributed by atoms with Crippen LogP contribution in [0.25, 0.3) is 0 Å². The lowest BCUT2D eigenvalue weighted by molar-refractivity contribution is 0.0143. The first-order valence-electron chi connectivity index (χ1n) is 5.24. The molecule has 0 aromatic heterocycles. The molecule has 1 saturated heterocycles. The summed E-state index contributed by atoms with van der Waals surface area (Å²) in [5.41, 5.74) is -0.284. The Balaban J connectivity index is 2.53. The maximum absolute atomic E-state index is 9.79. The summed E-state index contributed by atoms with van der Waals surface area (Å²) in [7, 11) is 0. The molecule has 2 N–H and O–H groups in total. The topological polar surface area (TPSA) is 32.3 Å². The van der Waals surface area contributed by atoms with Crippen LogP contribution in [0, 0.1) is 11.3 Å². The van der Waals surface area contributed by atoms with Crippen molar-refractivity contribution in [2.75, 3.05) is 13.1 Å². The van der Waals surface area contributed by atoms with Crippen molar-refractivity contribution < 1.29 is 5.11 Å². The van der Waals surface area contributed by atoms with Gasteiger partial charge in [-0.25, -0.2) is 0 Å². The Bertz CT molecular complexity index is 163. The summed E-state index contributed by atoms with van der Waals surface area (Å²) in [6.45, 7) is 10.6. The van der Waals surface area contributed by atoms with Crippen LogP contribution in [0.1, 0.15) is 40.5 Å². The molecule has 0 radical (unpaired) electrons. The Hall–Kier alpha value is -0.0800. The fraction of sp³-hybridized carbons (Fsp3) is 1.00. The van der Waals surface area contributed by atoms with E-state index < -0.39 is 5.60 Å². The van der Waals surface area contributed by atoms with Crippen LogP contribution in [0.4, 0.5) is 0 Å². The van der Waals surface area contributed by atoms with Crippen molar-refractivity contribution >= 4 is 0 Å². The van der Waals surface area contributed by atoms with Crippen molar-refractivity contribution in [1.29, 1.82) is 0 Å². The van der Waals surface area contributed by atoms with Crippen molar-refractivity contribution in [3.8, 4) is 0 Å². The monoisotopic (exact) mass is 185 g/mol. The van der Waals surface area contributed by atoms with Crippen molar-refractivity contribution in [3.63, 3.8) is 0 Å². The van der Waals surface area contributed by atoms with Gasteiger partial charge < -0.3 is 10.4 Å². The van der Waals surface area contributed by atoms with Gasteiger partial charge in [0.25, 0.3) is 0 Å². The number of hydrogen-bond acceptors (Lipinski definition) is 2. The minimum absolute atomic E-state index is 0.252. The fourth-order valence-corrected chi connectivity index (χ4v) is 2.58. The SMILES string of the molecule is CC(C)(O)CC(C)(C)C1CCNC1. The Kier molecular flexibility index (Phi) is 3.03. The van der Waals surface area contributed by atoms with E-state index in [0.717, 1.165) is 25.4 Å². The predicted molar refractivity (Wildman–Crippen MR) is 55.7 cm³/mol. The third-order valence-electron chi connectivity index (χ3n) is 3.05. The van der Waals surface area contributed by atoms with Gasteiger partial charge in [0.1, 0.15) is 0 Å². The summed E-state index contributed by atoms with van der Waals surface area (Å²) in [6.07, 6.45) is 2.13. The Morgan fingerprint density at radius 3 is 2.31 bits per heavy atom. The van der Waals surface area contributed by atoms with Gasteiger partial charge >= 0.3 is 0 Å². The molecule has 2 nitrogen and oxygen atoms in total. The van der Waals surface area contributed by atoms with E-state index in [1.54, 1.807) is 0 Å². The summed E-state index contributed by atoms with van der Waals surface area (Å²) in [6, 6.07) is 0. The minimum Gasteiger partial charge on any atom is -0.390 e. The predicted octanol–water partition coefficient (Wildman–Crippen LogP) is 1.78. The van der Waals surface area contributed by atoms with Crippen LogP contribution in [0.15, 0.2) is 0 Å². The van der Waals surface area contributed by atoms with Crippen LogP contribution < -0.4 is 5.32 Å². The molecule has 0 amide bonds. The van der Waals surface area contributed by atoms with Gasteiger partial charge in [-0.1, -0.05) is 13.8 Å². The zero-order chi connectivity index (χ0) is 10.1. The molecule has 0 bridgehead atoms. The van der Waals surface area contributed by atoms with E-state index in [9.17, 15) is 5.11 Å². The second-order valence-electron chi connectivity index (χ2n) is 5.67. The molecule has 78 valence electrons. The number of rotatable bonds is 3. The minimum atomic E-state index is -0.536. The first-order chi connectivity index (χ1) is 5.81. The molecular weight excluding hydrogens is 162 g/mol. The first-order valence-corrected chi connectivity index (χ1v) is 5.24. The Morgan fingerprint density at radius 1 is 1.31 bits per heavy atom. The van der Waals surface area contributed by atoms with Gasteiger partial charge in [-0.15, -0.1) is 0 Å². The molecule has 1 rings (SSSR count). The van der Waals surface area contributed by atoms with Gasteiger partial charge in [-0.3, -0.25) is 0 Å². The van der Waals surface area contributed by atoms with Gasteiger partial charge in [-0.2, -0.15) is 0 Å². The van der Waals surface area contributed by atoms with Crippen molar-refractivity contribution in [3.05, 3.63) is 0 Å². The Labute approximate surface area is 81.7 Å². The third kappa shape index (κ3) is 3.28. The van der Waals surface area contributed by atoms with Crippen LogP contribution in [0.2, 0.25) is 0 Å². The normalized spacial score (nSPS) is 25.2. The molecular formula is C11H23NO. The molecule has 0 aliphatic carbocycles. The van der Waals surface area contributed by atoms with Crippen LogP contribution in [-0.2, 0) is 0 Å². The highest BCUT2D eigenvalue weighted by atomic mass is 16.3. The molecule has 2 heteroatoms. The van der Waals surface area contributed by atoms with Gasteiger partial charge in [0.15, 0.2) is 0 Å². The summed E-state index contributed by atoms with van der Waals surface area (Å²) in [4.78, 5) is 0. The average Bonchev–Trinajstić information content (AvgIpc) is 2.29. The van der Waals surface area contributed by atoms with Crippen LogP contribution in [0.5, 0.6) is 0 Å². The standard InChI is InChI=1S/C11H23NO/c1-10(2,8-11(3,4)13)9-5-6-12-7-9/h9,12-13H,5-8H2,1-4H3. The van der Waals surface area contributed by atoms with Gasteiger partial charge in [0.05, 0.1) is 5.60 Å². The van der Waals surface area contributed by atoms with Crippen LogP contribution >= 0.6 is 0 Å². The largest absolute Gasteiger partial charge is 0.390 e. The molecule has 1 aliphatic heterocycles. The van der Waals surface area contributed by atoms with E-state index in [-0.39, 0.29) is 5.41 Å². The number of aliphatic hydroxyl groups is 1. The van der Waals surface area contributed by atoms with Crippen LogP contribution in [-0.4, -0.2) is 23.8 Å².